The first-order chi connectivity index (χ1) is 20.7. The summed E-state index contributed by atoms with van der Waals surface area (Å²) in [6.07, 6.45) is 4.20. The third-order valence-electron chi connectivity index (χ3n) is 7.24. The molecule has 0 saturated carbocycles. The lowest BCUT2D eigenvalue weighted by atomic mass is 10.1. The molecule has 0 aliphatic rings. The van der Waals surface area contributed by atoms with Gasteiger partial charge in [-0.1, -0.05) is 72.1 Å². The number of hydrogen-bond donors (Lipinski definition) is 2. The summed E-state index contributed by atoms with van der Waals surface area (Å²) in [6, 6.07) is 20.9. The molecule has 4 rings (SSSR count). The lowest BCUT2D eigenvalue weighted by Crippen LogP contribution is -2.51. The van der Waals surface area contributed by atoms with Gasteiger partial charge in [-0.2, -0.15) is 5.26 Å². The van der Waals surface area contributed by atoms with Crippen LogP contribution in [0, 0.1) is 25.2 Å². The molecular formula is C33H34Cl2N6OS. The van der Waals surface area contributed by atoms with Gasteiger partial charge in [0.1, 0.15) is 0 Å². The smallest absolute Gasteiger partial charge is 0.235 e. The second kappa shape index (κ2) is 15.1. The van der Waals surface area contributed by atoms with Crippen LogP contribution < -0.4 is 10.6 Å². The van der Waals surface area contributed by atoms with E-state index in [-0.39, 0.29) is 18.4 Å². The Morgan fingerprint density at radius 1 is 1.14 bits per heavy atom. The van der Waals surface area contributed by atoms with Gasteiger partial charge in [0.25, 0.3) is 0 Å². The molecule has 0 bridgehead atoms. The number of halogens is 2. The van der Waals surface area contributed by atoms with Crippen molar-refractivity contribution in [2.45, 2.75) is 52.7 Å². The van der Waals surface area contributed by atoms with Crippen LogP contribution in [0.25, 0.3) is 0 Å². The molecule has 4 aromatic rings. The van der Waals surface area contributed by atoms with Crippen molar-refractivity contribution < 1.29 is 4.79 Å². The molecule has 10 heteroatoms. The maximum atomic E-state index is 14.1. The highest BCUT2D eigenvalue weighted by Crippen LogP contribution is 2.25. The van der Waals surface area contributed by atoms with Crippen LogP contribution in [-0.4, -0.2) is 38.1 Å². The minimum atomic E-state index is -0.230. The fraction of sp³-hybridized carbons (Fsp3) is 0.273. The number of amides is 1. The van der Waals surface area contributed by atoms with Crippen LogP contribution >= 0.6 is 35.4 Å². The molecule has 2 N–H and O–H groups in total. The van der Waals surface area contributed by atoms with Gasteiger partial charge in [0.2, 0.25) is 5.91 Å². The SMILES string of the molecule is CC[C@@H](CNCc1cccc(Cl)c1Cl)N(C(=O)Cc1cncn1Cc1ccc(C#N)cc1)C(=S)Nc1ccc(C)cc1C. The molecule has 222 valence electrons. The molecular weight excluding hydrogens is 599 g/mol. The third-order valence-corrected chi connectivity index (χ3v) is 8.40. The van der Waals surface area contributed by atoms with Gasteiger partial charge >= 0.3 is 0 Å². The van der Waals surface area contributed by atoms with Crippen LogP contribution in [-0.2, 0) is 24.3 Å². The largest absolute Gasteiger partial charge is 0.332 e. The molecule has 0 fully saturated rings. The number of imidazole rings is 1. The summed E-state index contributed by atoms with van der Waals surface area (Å²) in [5, 5.41) is 17.2. The van der Waals surface area contributed by atoms with E-state index in [1.165, 1.54) is 0 Å². The molecule has 43 heavy (non-hydrogen) atoms. The number of rotatable bonds is 11. The molecule has 7 nitrogen and oxygen atoms in total. The van der Waals surface area contributed by atoms with E-state index in [0.717, 1.165) is 33.6 Å². The number of nitriles is 1. The number of nitrogens with zero attached hydrogens (tertiary/aromatic N) is 4. The van der Waals surface area contributed by atoms with Crippen molar-refractivity contribution in [3.63, 3.8) is 0 Å². The molecule has 0 aliphatic carbocycles. The third kappa shape index (κ3) is 8.43. The number of aromatic nitrogens is 2. The highest BCUT2D eigenvalue weighted by Gasteiger charge is 2.27. The zero-order valence-corrected chi connectivity index (χ0v) is 26.7. The second-order valence-electron chi connectivity index (χ2n) is 10.4. The maximum Gasteiger partial charge on any atom is 0.235 e. The van der Waals surface area contributed by atoms with E-state index in [2.05, 4.69) is 27.8 Å². The number of carbonyl (C=O) groups excluding carboxylic acids is 1. The van der Waals surface area contributed by atoms with E-state index < -0.39 is 0 Å². The molecule has 0 radical (unpaired) electrons. The van der Waals surface area contributed by atoms with Crippen molar-refractivity contribution in [2.75, 3.05) is 11.9 Å². The lowest BCUT2D eigenvalue weighted by molar-refractivity contribution is -0.128. The summed E-state index contributed by atoms with van der Waals surface area (Å²) >= 11 is 18.5. The summed E-state index contributed by atoms with van der Waals surface area (Å²) in [4.78, 5) is 20.1. The van der Waals surface area contributed by atoms with Gasteiger partial charge in [0, 0.05) is 37.2 Å². The standard InChI is InChI=1S/C33H34Cl2N6OS/c1-4-27(18-37-17-26-6-5-7-29(34)32(26)35)41(33(43)39-30-13-8-22(2)14-23(30)3)31(42)15-28-19-38-21-40(28)20-25-11-9-24(16-36)10-12-25/h5-14,19,21,27,37H,4,15,17-18,20H2,1-3H3,(H,39,43)/t27-/m0/s1. The van der Waals surface area contributed by atoms with Crippen LogP contribution in [0.4, 0.5) is 5.69 Å². The van der Waals surface area contributed by atoms with Crippen molar-refractivity contribution in [2.24, 2.45) is 0 Å². The number of anilines is 1. The number of thiocarbonyl (C=S) groups is 1. The van der Waals surface area contributed by atoms with E-state index >= 15 is 0 Å². The van der Waals surface area contributed by atoms with Crippen LogP contribution in [0.15, 0.2) is 73.2 Å². The minimum absolute atomic E-state index is 0.113. The molecule has 3 aromatic carbocycles. The Hall–Kier alpha value is -3.74. The summed E-state index contributed by atoms with van der Waals surface area (Å²) in [5.41, 5.74) is 6.29. The molecule has 0 unspecified atom stereocenters. The number of benzene rings is 3. The second-order valence-corrected chi connectivity index (χ2v) is 11.6. The van der Waals surface area contributed by atoms with E-state index in [1.54, 1.807) is 35.6 Å². The molecule has 0 aliphatic heterocycles. The van der Waals surface area contributed by atoms with Crippen molar-refractivity contribution in [3.05, 3.63) is 117 Å². The van der Waals surface area contributed by atoms with Gasteiger partial charge in [-0.15, -0.1) is 0 Å². The maximum absolute atomic E-state index is 14.1. The average molecular weight is 634 g/mol. The van der Waals surface area contributed by atoms with Gasteiger partial charge in [0.15, 0.2) is 5.11 Å². The molecule has 1 heterocycles. The van der Waals surface area contributed by atoms with E-state index in [4.69, 9.17) is 40.7 Å². The molecule has 1 atom stereocenters. The van der Waals surface area contributed by atoms with Gasteiger partial charge in [-0.05, 0) is 73.4 Å². The van der Waals surface area contributed by atoms with Crippen molar-refractivity contribution in [3.8, 4) is 6.07 Å². The Labute approximate surface area is 268 Å². The fourth-order valence-electron chi connectivity index (χ4n) is 4.85. The first-order valence-electron chi connectivity index (χ1n) is 14.0. The van der Waals surface area contributed by atoms with Gasteiger partial charge in [0.05, 0.1) is 40.5 Å². The number of aryl methyl sites for hydroxylation is 2. The van der Waals surface area contributed by atoms with Crippen LogP contribution in [0.5, 0.6) is 0 Å². The van der Waals surface area contributed by atoms with E-state index in [9.17, 15) is 4.79 Å². The highest BCUT2D eigenvalue weighted by molar-refractivity contribution is 7.80. The van der Waals surface area contributed by atoms with Gasteiger partial charge in [-0.3, -0.25) is 9.69 Å². The van der Waals surface area contributed by atoms with Gasteiger partial charge in [-0.25, -0.2) is 4.98 Å². The molecule has 0 spiro atoms. The van der Waals surface area contributed by atoms with Crippen LogP contribution in [0.2, 0.25) is 10.0 Å². The summed E-state index contributed by atoms with van der Waals surface area (Å²) < 4.78 is 1.94. The van der Waals surface area contributed by atoms with Gasteiger partial charge < -0.3 is 15.2 Å². The average Bonchev–Trinajstić information content (AvgIpc) is 3.42. The Kier molecular flexibility index (Phi) is 11.3. The summed E-state index contributed by atoms with van der Waals surface area (Å²) in [7, 11) is 0. The Bertz CT molecular complexity index is 1630. The van der Waals surface area contributed by atoms with Crippen LogP contribution in [0.3, 0.4) is 0 Å². The normalized spacial score (nSPS) is 11.5. The van der Waals surface area contributed by atoms with Crippen molar-refractivity contribution in [1.82, 2.24) is 19.8 Å². The molecule has 0 saturated heterocycles. The summed E-state index contributed by atoms with van der Waals surface area (Å²) in [5.74, 6) is -0.140. The van der Waals surface area contributed by atoms with Crippen molar-refractivity contribution in [1.29, 1.82) is 5.26 Å². The number of hydrogen-bond acceptors (Lipinski definition) is 5. The van der Waals surface area contributed by atoms with E-state index in [0.29, 0.717) is 46.8 Å². The molecule has 1 aromatic heterocycles. The zero-order valence-electron chi connectivity index (χ0n) is 24.4. The van der Waals surface area contributed by atoms with E-state index in [1.807, 2.05) is 61.7 Å². The number of carbonyl (C=O) groups is 1. The molecule has 1 amide bonds. The minimum Gasteiger partial charge on any atom is -0.332 e. The fourth-order valence-corrected chi connectivity index (χ4v) is 5.60. The quantitative estimate of drug-likeness (QED) is 0.172. The Balaban J connectivity index is 1.55. The van der Waals surface area contributed by atoms with Crippen LogP contribution in [0.1, 0.15) is 46.9 Å². The first kappa shape index (κ1) is 32.2. The first-order valence-corrected chi connectivity index (χ1v) is 15.2. The summed E-state index contributed by atoms with van der Waals surface area (Å²) in [6.45, 7) is 7.60. The van der Waals surface area contributed by atoms with Crippen molar-refractivity contribution >= 4 is 52.1 Å². The number of nitrogens with one attached hydrogen (secondary N) is 2. The Morgan fingerprint density at radius 3 is 2.60 bits per heavy atom. The highest BCUT2D eigenvalue weighted by atomic mass is 35.5. The monoisotopic (exact) mass is 632 g/mol. The Morgan fingerprint density at radius 2 is 1.91 bits per heavy atom. The predicted molar refractivity (Wildman–Crippen MR) is 177 cm³/mol. The zero-order chi connectivity index (χ0) is 30.9. The lowest BCUT2D eigenvalue weighted by Gasteiger charge is -2.32. The predicted octanol–water partition coefficient (Wildman–Crippen LogP) is 7.06. The topological polar surface area (TPSA) is 86.0 Å².